The number of rotatable bonds is 5. The minimum absolute atomic E-state index is 0.187. The van der Waals surface area contributed by atoms with Crippen molar-refractivity contribution in [1.82, 2.24) is 9.71 Å². The number of H-pyrrole nitrogens is 1. The number of halogens is 1. The van der Waals surface area contributed by atoms with Gasteiger partial charge in [0.05, 0.1) is 4.90 Å². The molecule has 0 bridgehead atoms. The molecular weight excluding hydrogens is 332 g/mol. The average molecular weight is 349 g/mol. The third-order valence-electron chi connectivity index (χ3n) is 3.81. The van der Waals surface area contributed by atoms with Crippen LogP contribution in [-0.4, -0.2) is 19.9 Å². The van der Waals surface area contributed by atoms with Gasteiger partial charge in [0.25, 0.3) is 0 Å². The summed E-state index contributed by atoms with van der Waals surface area (Å²) < 4.78 is 27.2. The number of hydrogen-bond acceptors (Lipinski definition) is 2. The average Bonchev–Trinajstić information content (AvgIpc) is 2.93. The van der Waals surface area contributed by atoms with Crippen LogP contribution in [0.3, 0.4) is 0 Å². The second-order valence-corrected chi connectivity index (χ2v) is 7.59. The maximum Gasteiger partial charge on any atom is 0.240 e. The Bertz CT molecular complexity index is 948. The summed E-state index contributed by atoms with van der Waals surface area (Å²) in [5.74, 6) is 0. The van der Waals surface area contributed by atoms with E-state index >= 15 is 0 Å². The number of benzene rings is 2. The SMILES string of the molecule is Cc1ccc(S(=O)(=O)NCCc2c[nH]c3ccccc23)cc1Cl. The van der Waals surface area contributed by atoms with Crippen LogP contribution in [-0.2, 0) is 16.4 Å². The van der Waals surface area contributed by atoms with Gasteiger partial charge in [-0.2, -0.15) is 0 Å². The Morgan fingerprint density at radius 1 is 1.17 bits per heavy atom. The second-order valence-electron chi connectivity index (χ2n) is 5.42. The molecule has 0 aliphatic heterocycles. The normalized spacial score (nSPS) is 11.9. The molecule has 0 atom stereocenters. The maximum atomic E-state index is 12.3. The van der Waals surface area contributed by atoms with Gasteiger partial charge in [-0.3, -0.25) is 0 Å². The Morgan fingerprint density at radius 3 is 2.74 bits per heavy atom. The quantitative estimate of drug-likeness (QED) is 0.739. The van der Waals surface area contributed by atoms with Crippen LogP contribution >= 0.6 is 11.6 Å². The number of aromatic nitrogens is 1. The van der Waals surface area contributed by atoms with E-state index in [1.165, 1.54) is 6.07 Å². The Hall–Kier alpha value is -1.82. The third kappa shape index (κ3) is 3.42. The fourth-order valence-corrected chi connectivity index (χ4v) is 3.79. The van der Waals surface area contributed by atoms with Gasteiger partial charge in [-0.1, -0.05) is 35.9 Å². The van der Waals surface area contributed by atoms with E-state index in [1.807, 2.05) is 37.4 Å². The summed E-state index contributed by atoms with van der Waals surface area (Å²) in [6.07, 6.45) is 2.53. The van der Waals surface area contributed by atoms with Crippen LogP contribution in [0.15, 0.2) is 53.6 Å². The molecule has 0 aliphatic rings. The van der Waals surface area contributed by atoms with Crippen LogP contribution in [0.4, 0.5) is 0 Å². The predicted octanol–water partition coefficient (Wildman–Crippen LogP) is 3.65. The highest BCUT2D eigenvalue weighted by atomic mass is 35.5. The van der Waals surface area contributed by atoms with E-state index in [9.17, 15) is 8.42 Å². The lowest BCUT2D eigenvalue weighted by molar-refractivity contribution is 0.581. The summed E-state index contributed by atoms with van der Waals surface area (Å²) in [5, 5.41) is 1.56. The number of aromatic amines is 1. The number of aryl methyl sites for hydroxylation is 1. The largest absolute Gasteiger partial charge is 0.361 e. The van der Waals surface area contributed by atoms with Gasteiger partial charge in [0, 0.05) is 28.7 Å². The lowest BCUT2D eigenvalue weighted by atomic mass is 10.1. The van der Waals surface area contributed by atoms with Gasteiger partial charge < -0.3 is 4.98 Å². The summed E-state index contributed by atoms with van der Waals surface area (Å²) >= 11 is 6.00. The molecule has 0 fully saturated rings. The molecule has 0 saturated heterocycles. The molecule has 2 aromatic carbocycles. The number of para-hydroxylation sites is 1. The van der Waals surface area contributed by atoms with E-state index in [0.29, 0.717) is 18.0 Å². The van der Waals surface area contributed by atoms with E-state index in [0.717, 1.165) is 22.0 Å². The van der Waals surface area contributed by atoms with Gasteiger partial charge in [0.15, 0.2) is 0 Å². The van der Waals surface area contributed by atoms with Crippen LogP contribution in [0.2, 0.25) is 5.02 Å². The first-order valence-electron chi connectivity index (χ1n) is 7.28. The molecule has 3 aromatic rings. The zero-order valence-corrected chi connectivity index (χ0v) is 14.2. The van der Waals surface area contributed by atoms with Gasteiger partial charge in [0.1, 0.15) is 0 Å². The van der Waals surface area contributed by atoms with Crippen molar-refractivity contribution in [3.05, 3.63) is 64.8 Å². The number of sulfonamides is 1. The van der Waals surface area contributed by atoms with E-state index in [2.05, 4.69) is 9.71 Å². The van der Waals surface area contributed by atoms with E-state index in [-0.39, 0.29) is 4.90 Å². The fourth-order valence-electron chi connectivity index (χ4n) is 2.48. The molecule has 0 aliphatic carbocycles. The molecule has 4 nitrogen and oxygen atoms in total. The Morgan fingerprint density at radius 2 is 1.96 bits per heavy atom. The van der Waals surface area contributed by atoms with Gasteiger partial charge in [-0.15, -0.1) is 0 Å². The third-order valence-corrected chi connectivity index (χ3v) is 5.68. The smallest absolute Gasteiger partial charge is 0.240 e. The molecule has 2 N–H and O–H groups in total. The first kappa shape index (κ1) is 16.1. The van der Waals surface area contributed by atoms with Crippen molar-refractivity contribution in [2.45, 2.75) is 18.2 Å². The highest BCUT2D eigenvalue weighted by Crippen LogP contribution is 2.20. The fraction of sp³-hybridized carbons (Fsp3) is 0.176. The number of nitrogens with one attached hydrogen (secondary N) is 2. The van der Waals surface area contributed by atoms with Gasteiger partial charge in [0.2, 0.25) is 10.0 Å². The van der Waals surface area contributed by atoms with Gasteiger partial charge >= 0.3 is 0 Å². The number of fused-ring (bicyclic) bond motifs is 1. The van der Waals surface area contributed by atoms with Crippen LogP contribution in [0, 0.1) is 6.92 Å². The zero-order chi connectivity index (χ0) is 16.4. The van der Waals surface area contributed by atoms with Crippen molar-refractivity contribution >= 4 is 32.5 Å². The minimum Gasteiger partial charge on any atom is -0.361 e. The Kier molecular flexibility index (Phi) is 4.43. The van der Waals surface area contributed by atoms with Gasteiger partial charge in [-0.25, -0.2) is 13.1 Å². The highest BCUT2D eigenvalue weighted by Gasteiger charge is 2.15. The molecule has 23 heavy (non-hydrogen) atoms. The lowest BCUT2D eigenvalue weighted by Crippen LogP contribution is -2.26. The van der Waals surface area contributed by atoms with Crippen molar-refractivity contribution in [3.8, 4) is 0 Å². The van der Waals surface area contributed by atoms with E-state index < -0.39 is 10.0 Å². The molecule has 0 saturated carbocycles. The van der Waals surface area contributed by atoms with Crippen LogP contribution in [0.25, 0.3) is 10.9 Å². The molecule has 0 unspecified atom stereocenters. The van der Waals surface area contributed by atoms with Crippen LogP contribution < -0.4 is 4.72 Å². The molecule has 0 radical (unpaired) electrons. The van der Waals surface area contributed by atoms with Crippen molar-refractivity contribution in [2.75, 3.05) is 6.54 Å². The lowest BCUT2D eigenvalue weighted by Gasteiger charge is -2.08. The zero-order valence-electron chi connectivity index (χ0n) is 12.6. The molecule has 3 rings (SSSR count). The molecular formula is C17H17ClN2O2S. The predicted molar refractivity (Wildman–Crippen MR) is 93.4 cm³/mol. The summed E-state index contributed by atoms with van der Waals surface area (Å²) in [5.41, 5.74) is 2.99. The molecule has 0 amide bonds. The summed E-state index contributed by atoms with van der Waals surface area (Å²) in [4.78, 5) is 3.37. The maximum absolute atomic E-state index is 12.3. The Labute approximate surface area is 140 Å². The number of hydrogen-bond donors (Lipinski definition) is 2. The highest BCUT2D eigenvalue weighted by molar-refractivity contribution is 7.89. The molecule has 6 heteroatoms. The Balaban J connectivity index is 1.71. The summed E-state index contributed by atoms with van der Waals surface area (Å²) in [6.45, 7) is 2.17. The monoisotopic (exact) mass is 348 g/mol. The van der Waals surface area contributed by atoms with Crippen molar-refractivity contribution in [2.24, 2.45) is 0 Å². The van der Waals surface area contributed by atoms with Crippen molar-refractivity contribution in [1.29, 1.82) is 0 Å². The summed E-state index contributed by atoms with van der Waals surface area (Å²) in [6, 6.07) is 12.7. The topological polar surface area (TPSA) is 62.0 Å². The minimum atomic E-state index is -3.55. The van der Waals surface area contributed by atoms with Crippen LogP contribution in [0.1, 0.15) is 11.1 Å². The molecule has 1 aromatic heterocycles. The van der Waals surface area contributed by atoms with Crippen LogP contribution in [0.5, 0.6) is 0 Å². The van der Waals surface area contributed by atoms with E-state index in [1.54, 1.807) is 12.1 Å². The standard InChI is InChI=1S/C17H17ClN2O2S/c1-12-6-7-14(10-16(12)18)23(21,22)20-9-8-13-11-19-17-5-3-2-4-15(13)17/h2-7,10-11,19-20H,8-9H2,1H3. The summed E-state index contributed by atoms with van der Waals surface area (Å²) in [7, 11) is -3.55. The van der Waals surface area contributed by atoms with Crippen molar-refractivity contribution in [3.63, 3.8) is 0 Å². The first-order valence-corrected chi connectivity index (χ1v) is 9.14. The molecule has 0 spiro atoms. The van der Waals surface area contributed by atoms with Gasteiger partial charge in [-0.05, 0) is 42.7 Å². The molecule has 120 valence electrons. The van der Waals surface area contributed by atoms with Crippen molar-refractivity contribution < 1.29 is 8.42 Å². The van der Waals surface area contributed by atoms with E-state index in [4.69, 9.17) is 11.6 Å². The molecule has 1 heterocycles. The first-order chi connectivity index (χ1) is 11.0. The second kappa shape index (κ2) is 6.35.